The Labute approximate surface area is 247 Å². The van der Waals surface area contributed by atoms with Gasteiger partial charge in [0, 0.05) is 12.8 Å². The molecule has 0 aliphatic heterocycles. The van der Waals surface area contributed by atoms with E-state index in [0.29, 0.717) is 12.8 Å². The van der Waals surface area contributed by atoms with Crippen molar-refractivity contribution < 1.29 is 19.8 Å². The van der Waals surface area contributed by atoms with Crippen LogP contribution in [0.2, 0.25) is 0 Å². The Morgan fingerprint density at radius 3 is 0.825 bits per heavy atom. The second-order valence-electron chi connectivity index (χ2n) is 11.5. The maximum absolute atomic E-state index is 10.5. The molecule has 0 amide bonds. The quantitative estimate of drug-likeness (QED) is 0.0633. The van der Waals surface area contributed by atoms with Crippen molar-refractivity contribution in [1.29, 1.82) is 0 Å². The molecule has 0 radical (unpaired) electrons. The van der Waals surface area contributed by atoms with E-state index in [4.69, 9.17) is 10.2 Å². The summed E-state index contributed by atoms with van der Waals surface area (Å²) in [5.74, 6) is -1.34. The van der Waals surface area contributed by atoms with E-state index in [9.17, 15) is 9.59 Å². The maximum atomic E-state index is 10.5. The predicted octanol–water partition coefficient (Wildman–Crippen LogP) is 11.7. The number of hydrogen-bond acceptors (Lipinski definition) is 2. The lowest BCUT2D eigenvalue weighted by atomic mass is 10.0. The van der Waals surface area contributed by atoms with E-state index in [1.807, 2.05) is 0 Å². The van der Waals surface area contributed by atoms with Crippen LogP contribution in [0.1, 0.15) is 180 Å². The third kappa shape index (κ3) is 36.2. The highest BCUT2D eigenvalue weighted by atomic mass is 16.4. The van der Waals surface area contributed by atoms with E-state index in [2.05, 4.69) is 36.5 Å². The first-order valence-electron chi connectivity index (χ1n) is 17.0. The first kappa shape index (κ1) is 38.2. The number of hydrogen-bond donors (Lipinski definition) is 2. The summed E-state index contributed by atoms with van der Waals surface area (Å²) < 4.78 is 0. The van der Waals surface area contributed by atoms with Gasteiger partial charge in [0.2, 0.25) is 0 Å². The van der Waals surface area contributed by atoms with E-state index >= 15 is 0 Å². The molecule has 0 aliphatic carbocycles. The van der Waals surface area contributed by atoms with Gasteiger partial charge in [-0.1, -0.05) is 133 Å². The van der Waals surface area contributed by atoms with Gasteiger partial charge >= 0.3 is 11.9 Å². The minimum absolute atomic E-state index is 0.316. The van der Waals surface area contributed by atoms with E-state index in [0.717, 1.165) is 44.9 Å². The fourth-order valence-corrected chi connectivity index (χ4v) is 5.00. The molecule has 4 heteroatoms. The Kier molecular flexibility index (Phi) is 31.8. The van der Waals surface area contributed by atoms with Crippen molar-refractivity contribution in [2.45, 2.75) is 180 Å². The van der Waals surface area contributed by atoms with Crippen LogP contribution in [0.5, 0.6) is 0 Å². The largest absolute Gasteiger partial charge is 0.481 e. The van der Waals surface area contributed by atoms with Gasteiger partial charge < -0.3 is 10.2 Å². The molecular weight excluding hydrogens is 496 g/mol. The maximum Gasteiger partial charge on any atom is 0.303 e. The summed E-state index contributed by atoms with van der Waals surface area (Å²) in [4.78, 5) is 20.9. The standard InChI is InChI=1S/C36H64O4/c37-35(38)33-31-29-27-25-23-21-19-17-15-13-11-9-7-5-3-1-2-4-6-8-10-12-14-16-18-20-22-24-26-28-30-32-34-36(39)40/h11,13,17-20H,1-10,12,14-16,21-34H2,(H,37,38)(H,39,40). The van der Waals surface area contributed by atoms with Crippen LogP contribution < -0.4 is 0 Å². The first-order chi connectivity index (χ1) is 19.6. The van der Waals surface area contributed by atoms with Gasteiger partial charge in [-0.25, -0.2) is 0 Å². The average molecular weight is 561 g/mol. The highest BCUT2D eigenvalue weighted by Crippen LogP contribution is 2.14. The Morgan fingerprint density at radius 1 is 0.325 bits per heavy atom. The van der Waals surface area contributed by atoms with Crippen LogP contribution in [0.15, 0.2) is 36.5 Å². The molecule has 2 N–H and O–H groups in total. The number of aliphatic carboxylic acids is 2. The normalized spacial score (nSPS) is 11.9. The van der Waals surface area contributed by atoms with Gasteiger partial charge in [0.25, 0.3) is 0 Å². The second kappa shape index (κ2) is 33.4. The number of carbonyl (C=O) groups is 2. The Hall–Kier alpha value is -1.84. The molecule has 0 fully saturated rings. The van der Waals surface area contributed by atoms with E-state index in [1.165, 1.54) is 122 Å². The molecule has 0 bridgehead atoms. The van der Waals surface area contributed by atoms with Gasteiger partial charge in [0.15, 0.2) is 0 Å². The van der Waals surface area contributed by atoms with Crippen molar-refractivity contribution in [2.75, 3.05) is 0 Å². The van der Waals surface area contributed by atoms with Gasteiger partial charge in [-0.3, -0.25) is 9.59 Å². The Bertz CT molecular complexity index is 635. The fraction of sp³-hybridized carbons (Fsp3) is 0.778. The van der Waals surface area contributed by atoms with Gasteiger partial charge in [0.1, 0.15) is 0 Å². The molecular formula is C36H64O4. The highest BCUT2D eigenvalue weighted by molar-refractivity contribution is 5.66. The zero-order chi connectivity index (χ0) is 29.2. The second-order valence-corrected chi connectivity index (χ2v) is 11.5. The number of carboxylic acids is 2. The molecule has 0 aromatic carbocycles. The van der Waals surface area contributed by atoms with E-state index in [-0.39, 0.29) is 0 Å². The van der Waals surface area contributed by atoms with Crippen molar-refractivity contribution in [3.8, 4) is 0 Å². The van der Waals surface area contributed by atoms with E-state index in [1.54, 1.807) is 0 Å². The van der Waals surface area contributed by atoms with Crippen LogP contribution >= 0.6 is 0 Å². The molecule has 0 unspecified atom stereocenters. The Balaban J connectivity index is 3.19. The smallest absolute Gasteiger partial charge is 0.303 e. The topological polar surface area (TPSA) is 74.6 Å². The predicted molar refractivity (Wildman–Crippen MR) is 172 cm³/mol. The van der Waals surface area contributed by atoms with Gasteiger partial charge in [-0.15, -0.1) is 0 Å². The summed E-state index contributed by atoms with van der Waals surface area (Å²) in [5.41, 5.74) is 0. The minimum Gasteiger partial charge on any atom is -0.481 e. The van der Waals surface area contributed by atoms with Crippen LogP contribution in [-0.4, -0.2) is 22.2 Å². The van der Waals surface area contributed by atoms with Crippen molar-refractivity contribution in [2.24, 2.45) is 0 Å². The summed E-state index contributed by atoms with van der Waals surface area (Å²) >= 11 is 0. The monoisotopic (exact) mass is 560 g/mol. The zero-order valence-corrected chi connectivity index (χ0v) is 26.0. The number of carboxylic acid groups (broad SMARTS) is 2. The fourth-order valence-electron chi connectivity index (χ4n) is 5.00. The molecule has 0 heterocycles. The van der Waals surface area contributed by atoms with Gasteiger partial charge in [-0.2, -0.15) is 0 Å². The van der Waals surface area contributed by atoms with Crippen molar-refractivity contribution in [3.63, 3.8) is 0 Å². The van der Waals surface area contributed by atoms with Crippen molar-refractivity contribution >= 4 is 11.9 Å². The zero-order valence-electron chi connectivity index (χ0n) is 26.0. The van der Waals surface area contributed by atoms with Crippen LogP contribution in [0, 0.1) is 0 Å². The summed E-state index contributed by atoms with van der Waals surface area (Å²) in [7, 11) is 0. The van der Waals surface area contributed by atoms with Crippen molar-refractivity contribution in [1.82, 2.24) is 0 Å². The lowest BCUT2D eigenvalue weighted by molar-refractivity contribution is -0.138. The number of allylic oxidation sites excluding steroid dienone is 6. The van der Waals surface area contributed by atoms with Crippen molar-refractivity contribution in [3.05, 3.63) is 36.5 Å². The van der Waals surface area contributed by atoms with Crippen LogP contribution in [-0.2, 0) is 9.59 Å². The number of unbranched alkanes of at least 4 members (excludes halogenated alkanes) is 22. The molecule has 0 saturated carbocycles. The summed E-state index contributed by atoms with van der Waals surface area (Å²) in [6.07, 6.45) is 46.5. The molecule has 0 spiro atoms. The lowest BCUT2D eigenvalue weighted by Gasteiger charge is -2.02. The van der Waals surface area contributed by atoms with Crippen LogP contribution in [0.4, 0.5) is 0 Å². The summed E-state index contributed by atoms with van der Waals surface area (Å²) in [5, 5.41) is 17.2. The third-order valence-corrected chi connectivity index (χ3v) is 7.54. The highest BCUT2D eigenvalue weighted by Gasteiger charge is 1.97. The summed E-state index contributed by atoms with van der Waals surface area (Å²) in [6, 6.07) is 0. The molecule has 0 aromatic rings. The molecule has 0 aliphatic rings. The van der Waals surface area contributed by atoms with Gasteiger partial charge in [0.05, 0.1) is 0 Å². The average Bonchev–Trinajstić information content (AvgIpc) is 2.93. The minimum atomic E-state index is -0.673. The summed E-state index contributed by atoms with van der Waals surface area (Å²) in [6.45, 7) is 0. The molecule has 0 rings (SSSR count). The molecule has 40 heavy (non-hydrogen) atoms. The molecule has 0 saturated heterocycles. The SMILES string of the molecule is O=C(O)CCCCCCCC=CCC=CCCCCCCCCCCCCCC=CCCCCCCCC(=O)O. The first-order valence-corrected chi connectivity index (χ1v) is 17.0. The Morgan fingerprint density at radius 2 is 0.550 bits per heavy atom. The molecule has 4 nitrogen and oxygen atoms in total. The van der Waals surface area contributed by atoms with Gasteiger partial charge in [-0.05, 0) is 70.6 Å². The molecule has 0 atom stereocenters. The number of rotatable bonds is 32. The van der Waals surface area contributed by atoms with Crippen LogP contribution in [0.3, 0.4) is 0 Å². The molecule has 232 valence electrons. The lowest BCUT2D eigenvalue weighted by Crippen LogP contribution is -1.93. The molecule has 0 aromatic heterocycles. The van der Waals surface area contributed by atoms with E-state index < -0.39 is 11.9 Å². The van der Waals surface area contributed by atoms with Crippen LogP contribution in [0.25, 0.3) is 0 Å². The third-order valence-electron chi connectivity index (χ3n) is 7.54.